The van der Waals surface area contributed by atoms with Gasteiger partial charge in [0.25, 0.3) is 0 Å². The van der Waals surface area contributed by atoms with Gasteiger partial charge in [0.2, 0.25) is 23.5 Å². The molecule has 0 bridgehead atoms. The smallest absolute Gasteiger partial charge is 0.410 e. The lowest BCUT2D eigenvalue weighted by Crippen LogP contribution is -2.47. The van der Waals surface area contributed by atoms with Crippen LogP contribution in [0.2, 0.25) is 5.15 Å². The molecule has 0 saturated carbocycles. The van der Waals surface area contributed by atoms with Crippen molar-refractivity contribution in [2.45, 2.75) is 200 Å². The van der Waals surface area contributed by atoms with Gasteiger partial charge in [0.1, 0.15) is 33.5 Å². The SMILES string of the molecule is C.C.C.C.C[C@H]1Cn2ncc(O)c2CN1C(=O)OC(C)(C)C.C[C@H]1Cn2ncc(Oc3ccccn3)c2CN1.C[C@H]1Cn2ncc(Oc3ccccn3)c2CN1C(=O)Cc1cc(F)c(F)c(F)c1.C[C@H]1Cn2ncc(Oc3ccccn3)c2CN1C(=O)OC(C)(C)C.Clc1ccccn1.O=C(Cc1cc(F)c(F)c(F)c1)Oc1ccccc1. The van der Waals surface area contributed by atoms with E-state index in [-0.39, 0.29) is 102 Å². The Morgan fingerprint density at radius 2 is 0.831 bits per heavy atom. The number of aromatic hydroxyl groups is 1. The van der Waals surface area contributed by atoms with E-state index >= 15 is 0 Å². The van der Waals surface area contributed by atoms with E-state index < -0.39 is 52.1 Å². The molecule has 0 aliphatic carbocycles. The number of amides is 3. The van der Waals surface area contributed by atoms with Crippen molar-refractivity contribution in [3.63, 3.8) is 0 Å². The van der Waals surface area contributed by atoms with Gasteiger partial charge in [-0.05, 0) is 147 Å². The van der Waals surface area contributed by atoms with Crippen molar-refractivity contribution < 1.29 is 79.0 Å². The molecule has 0 fully saturated rings. The van der Waals surface area contributed by atoms with Crippen LogP contribution in [0.3, 0.4) is 0 Å². The maximum absolute atomic E-state index is 13.5. The largest absolute Gasteiger partial charge is 0.504 e. The van der Waals surface area contributed by atoms with E-state index in [9.17, 15) is 50.6 Å². The third-order valence-corrected chi connectivity index (χ3v) is 17.3. The van der Waals surface area contributed by atoms with Gasteiger partial charge in [-0.1, -0.05) is 83.8 Å². The molecule has 0 radical (unpaired) electrons. The van der Waals surface area contributed by atoms with Crippen LogP contribution in [0.4, 0.5) is 35.9 Å². The highest BCUT2D eigenvalue weighted by molar-refractivity contribution is 6.29. The molecule has 27 nitrogen and oxygen atoms in total. The second-order valence-corrected chi connectivity index (χ2v) is 28.9. The van der Waals surface area contributed by atoms with Gasteiger partial charge in [-0.3, -0.25) is 38.1 Å². The molecule has 0 spiro atoms. The quantitative estimate of drug-likeness (QED) is 0.0400. The zero-order chi connectivity index (χ0) is 82.0. The normalized spacial score (nSPS) is 15.3. The van der Waals surface area contributed by atoms with Crippen LogP contribution in [0, 0.1) is 34.9 Å². The third kappa shape index (κ3) is 26.6. The van der Waals surface area contributed by atoms with Crippen molar-refractivity contribution in [3.05, 3.63) is 251 Å². The fourth-order valence-electron chi connectivity index (χ4n) is 11.6. The average molecular weight is 1660 g/mol. The van der Waals surface area contributed by atoms with E-state index in [1.165, 1.54) is 6.20 Å². The number of hydrogen-bond donors (Lipinski definition) is 2. The second-order valence-electron chi connectivity index (χ2n) is 28.5. The first-order valence-corrected chi connectivity index (χ1v) is 36.4. The number of nitrogens with one attached hydrogen (secondary N) is 1. The molecular weight excluding hydrogens is 1560 g/mol. The number of hydrogen-bond acceptors (Lipinski definition) is 20. The Morgan fingerprint density at radius 1 is 0.466 bits per heavy atom. The van der Waals surface area contributed by atoms with Gasteiger partial charge in [0.15, 0.2) is 57.9 Å². The summed E-state index contributed by atoms with van der Waals surface area (Å²) in [6, 6.07) is 33.4. The topological polar surface area (TPSA) is 288 Å². The summed E-state index contributed by atoms with van der Waals surface area (Å²) in [5.74, 6) is -5.61. The number of pyridine rings is 4. The molecule has 4 aliphatic heterocycles. The van der Waals surface area contributed by atoms with E-state index in [4.69, 9.17) is 40.0 Å². The van der Waals surface area contributed by atoms with Crippen LogP contribution < -0.4 is 24.3 Å². The van der Waals surface area contributed by atoms with Crippen molar-refractivity contribution in [2.75, 3.05) is 0 Å². The van der Waals surface area contributed by atoms with Gasteiger partial charge in [0, 0.05) is 61.6 Å². The molecule has 118 heavy (non-hydrogen) atoms. The monoisotopic (exact) mass is 1660 g/mol. The van der Waals surface area contributed by atoms with Crippen molar-refractivity contribution >= 4 is 35.7 Å². The Kier molecular flexibility index (Phi) is 34.4. The first kappa shape index (κ1) is 94.5. The van der Waals surface area contributed by atoms with Crippen LogP contribution >= 0.6 is 11.6 Å². The number of halogens is 7. The molecule has 34 heteroatoms. The summed E-state index contributed by atoms with van der Waals surface area (Å²) >= 11 is 5.43. The number of esters is 1. The summed E-state index contributed by atoms with van der Waals surface area (Å²) in [5.41, 5.74) is 2.30. The Labute approximate surface area is 687 Å². The number of rotatable bonds is 11. The highest BCUT2D eigenvalue weighted by Gasteiger charge is 2.36. The predicted molar refractivity (Wildman–Crippen MR) is 431 cm³/mol. The fourth-order valence-corrected chi connectivity index (χ4v) is 11.7. The molecular formula is C84H101ClF6N16O11. The van der Waals surface area contributed by atoms with Gasteiger partial charge in [-0.2, -0.15) is 20.4 Å². The molecule has 3 aromatic carbocycles. The number of aromatic nitrogens is 12. The summed E-state index contributed by atoms with van der Waals surface area (Å²) in [5, 5.41) is 30.6. The molecule has 12 heterocycles. The first-order valence-electron chi connectivity index (χ1n) is 36.1. The highest BCUT2D eigenvalue weighted by atomic mass is 35.5. The Morgan fingerprint density at radius 3 is 1.23 bits per heavy atom. The van der Waals surface area contributed by atoms with Crippen molar-refractivity contribution in [3.8, 4) is 46.4 Å². The van der Waals surface area contributed by atoms with Crippen LogP contribution in [-0.4, -0.2) is 138 Å². The zero-order valence-corrected chi connectivity index (χ0v) is 64.8. The summed E-state index contributed by atoms with van der Waals surface area (Å²) in [6.45, 7) is 23.2. The number of ether oxygens (including phenoxy) is 6. The number of para-hydroxylation sites is 1. The minimum Gasteiger partial charge on any atom is -0.504 e. The molecule has 3 amide bonds. The lowest BCUT2D eigenvalue weighted by atomic mass is 10.1. The zero-order valence-electron chi connectivity index (χ0n) is 64.0. The van der Waals surface area contributed by atoms with E-state index in [2.05, 4.69) is 52.6 Å². The van der Waals surface area contributed by atoms with Crippen molar-refractivity contribution in [1.82, 2.24) is 79.1 Å². The molecule has 8 aromatic heterocycles. The van der Waals surface area contributed by atoms with Crippen LogP contribution in [0.25, 0.3) is 0 Å². The standard InChI is InChI=1S/C20H17F3N4O2.C17H22N4O3.C14H9F3O2.C12H14N4O.C12H19N3O3.C5H4ClN.4CH4/c1-12-10-27-16(17(9-25-27)29-18-4-2-3-5-24-18)11-26(12)19(28)8-13-6-14(21)20(23)15(22)7-13;1-12-10-21-13(11-20(12)16(22)24-17(2,3)4)14(9-19-21)23-15-7-5-6-8-18-15;15-11-6-9(7-12(16)14(11)17)8-13(18)19-10-4-2-1-3-5-10;1-9-8-16-10(6-14-9)11(7-15-16)17-12-4-2-3-5-13-12;1-8-6-15-9(10(16)5-13-15)7-14(8)11(17)18-12(2,3)4;6-5-3-1-2-4-7-5;;;;/h2-7,9,12H,8,10-11H2,1H3;5-9,12H,10-11H2,1-4H3;1-7H,8H2;2-5,7,9,14H,6,8H2,1H3;5,8,16H,6-7H2,1-4H3;1-4H;4*1H4/t2*12-;;9-;8-;;;;;/m00.00...../s1. The number of carbonyl (C=O) groups excluding carboxylic acids is 4. The van der Waals surface area contributed by atoms with Gasteiger partial charge in [-0.15, -0.1) is 0 Å². The number of carbonyl (C=O) groups is 4. The van der Waals surface area contributed by atoms with Crippen LogP contribution in [-0.2, 0) is 84.3 Å². The maximum atomic E-state index is 13.5. The summed E-state index contributed by atoms with van der Waals surface area (Å²) in [6.07, 6.45) is 11.7. The predicted octanol–water partition coefficient (Wildman–Crippen LogP) is 17.5. The molecule has 632 valence electrons. The van der Waals surface area contributed by atoms with Gasteiger partial charge < -0.3 is 43.7 Å². The van der Waals surface area contributed by atoms with Crippen molar-refractivity contribution in [1.29, 1.82) is 0 Å². The van der Waals surface area contributed by atoms with Gasteiger partial charge in [-0.25, -0.2) is 55.9 Å². The van der Waals surface area contributed by atoms with Gasteiger partial charge >= 0.3 is 18.2 Å². The molecule has 4 aliphatic rings. The molecule has 15 rings (SSSR count). The minimum atomic E-state index is -1.56. The summed E-state index contributed by atoms with van der Waals surface area (Å²) in [4.78, 5) is 69.9. The van der Waals surface area contributed by atoms with E-state index in [1.807, 2.05) is 114 Å². The highest BCUT2D eigenvalue weighted by Crippen LogP contribution is 2.34. The molecule has 4 atom stereocenters. The average Bonchev–Trinajstić information content (AvgIpc) is 1.57. The fraction of sp³-hybridized carbons (Fsp3) is 0.357. The molecule has 0 saturated heterocycles. The lowest BCUT2D eigenvalue weighted by Gasteiger charge is -2.35. The Hall–Kier alpha value is -12.4. The maximum Gasteiger partial charge on any atom is 0.410 e. The lowest BCUT2D eigenvalue weighted by molar-refractivity contribution is -0.135. The molecule has 2 N–H and O–H groups in total. The Bertz CT molecular complexity index is 5000. The van der Waals surface area contributed by atoms with Gasteiger partial charge in [0.05, 0.1) is 107 Å². The number of nitrogens with zero attached hydrogens (tertiary/aromatic N) is 15. The van der Waals surface area contributed by atoms with Crippen LogP contribution in [0.5, 0.6) is 46.4 Å². The Balaban J connectivity index is 0.000000225. The number of benzene rings is 3. The summed E-state index contributed by atoms with van der Waals surface area (Å²) in [7, 11) is 0. The minimum absolute atomic E-state index is 0. The molecule has 0 unspecified atom stereocenters. The summed E-state index contributed by atoms with van der Waals surface area (Å²) < 4.78 is 119. The van der Waals surface area contributed by atoms with Crippen LogP contribution in [0.15, 0.2) is 177 Å². The third-order valence-electron chi connectivity index (χ3n) is 17.1. The van der Waals surface area contributed by atoms with Crippen LogP contribution in [0.1, 0.15) is 133 Å². The number of fused-ring (bicyclic) bond motifs is 4. The van der Waals surface area contributed by atoms with Crippen molar-refractivity contribution in [2.24, 2.45) is 0 Å². The second kappa shape index (κ2) is 43.0. The first-order chi connectivity index (χ1) is 54.3. The van der Waals surface area contributed by atoms with E-state index in [0.717, 1.165) is 54.5 Å². The van der Waals surface area contributed by atoms with E-state index in [0.29, 0.717) is 90.2 Å². The van der Waals surface area contributed by atoms with E-state index in [1.54, 1.807) is 128 Å². The molecule has 11 aromatic rings.